The Kier molecular flexibility index (Phi) is 7.55. The number of H-pyrrole nitrogens is 2. The minimum atomic E-state index is -0.329. The maximum Gasteiger partial charge on any atom is 0.146 e. The number of hydrogen-bond donors (Lipinski definition) is 3. The second kappa shape index (κ2) is 11.2. The van der Waals surface area contributed by atoms with E-state index in [0.717, 1.165) is 52.2 Å². The lowest BCUT2D eigenvalue weighted by Crippen LogP contribution is -2.08. The van der Waals surface area contributed by atoms with Gasteiger partial charge in [0.2, 0.25) is 0 Å². The minimum Gasteiger partial charge on any atom is -0.489 e. The number of thioether (sulfide) groups is 2. The molecule has 12 heteroatoms. The summed E-state index contributed by atoms with van der Waals surface area (Å²) in [5, 5.41) is 5.89. The molecular weight excluding hydrogens is 557 g/mol. The highest BCUT2D eigenvalue weighted by Crippen LogP contribution is 2.37. The summed E-state index contributed by atoms with van der Waals surface area (Å²) in [6.07, 6.45) is 5.07. The van der Waals surface area contributed by atoms with Gasteiger partial charge >= 0.3 is 0 Å². The molecule has 39 heavy (non-hydrogen) atoms. The zero-order chi connectivity index (χ0) is 26.9. The van der Waals surface area contributed by atoms with Crippen molar-refractivity contribution in [3.8, 4) is 5.75 Å². The van der Waals surface area contributed by atoms with Crippen LogP contribution in [0.5, 0.6) is 5.75 Å². The zero-order valence-corrected chi connectivity index (χ0v) is 23.9. The van der Waals surface area contributed by atoms with Crippen molar-refractivity contribution in [1.82, 2.24) is 29.9 Å². The van der Waals surface area contributed by atoms with Crippen LogP contribution in [0.4, 0.5) is 15.9 Å². The van der Waals surface area contributed by atoms with Crippen molar-refractivity contribution in [2.75, 3.05) is 16.8 Å². The lowest BCUT2D eigenvalue weighted by Gasteiger charge is -2.16. The lowest BCUT2D eigenvalue weighted by atomic mass is 10.1. The molecular formula is C27H27ClFN7OS2. The van der Waals surface area contributed by atoms with E-state index in [9.17, 15) is 4.39 Å². The van der Waals surface area contributed by atoms with Crippen LogP contribution in [-0.4, -0.2) is 47.5 Å². The first-order chi connectivity index (χ1) is 19.0. The molecule has 0 spiro atoms. The molecule has 0 aliphatic carbocycles. The van der Waals surface area contributed by atoms with Crippen LogP contribution in [-0.2, 0) is 24.3 Å². The number of aromatic nitrogens is 6. The molecule has 2 aliphatic rings. The van der Waals surface area contributed by atoms with Crippen molar-refractivity contribution in [2.24, 2.45) is 0 Å². The highest BCUT2D eigenvalue weighted by Gasteiger charge is 2.21. The van der Waals surface area contributed by atoms with E-state index in [1.165, 1.54) is 53.1 Å². The molecule has 1 aromatic carbocycles. The van der Waals surface area contributed by atoms with Gasteiger partial charge in [-0.25, -0.2) is 24.3 Å². The predicted octanol–water partition coefficient (Wildman–Crippen LogP) is 6.82. The fourth-order valence-electron chi connectivity index (χ4n) is 4.85. The van der Waals surface area contributed by atoms with Crippen LogP contribution in [0, 0.1) is 5.82 Å². The Morgan fingerprint density at radius 1 is 0.923 bits per heavy atom. The molecule has 7 rings (SSSR count). The summed E-state index contributed by atoms with van der Waals surface area (Å²) >= 11 is 9.89. The van der Waals surface area contributed by atoms with Gasteiger partial charge in [0.25, 0.3) is 0 Å². The lowest BCUT2D eigenvalue weighted by molar-refractivity contribution is 0.243. The molecule has 202 valence electrons. The fraction of sp³-hybridized carbons (Fsp3) is 0.333. The summed E-state index contributed by atoms with van der Waals surface area (Å²) in [7, 11) is 0. The monoisotopic (exact) mass is 583 g/mol. The number of nitrogens with zero attached hydrogens (tertiary/aromatic N) is 4. The highest BCUT2D eigenvalue weighted by molar-refractivity contribution is 7.98. The van der Waals surface area contributed by atoms with Crippen molar-refractivity contribution in [1.29, 1.82) is 0 Å². The summed E-state index contributed by atoms with van der Waals surface area (Å²) in [6, 6.07) is 4.48. The third-order valence-electron chi connectivity index (χ3n) is 6.56. The van der Waals surface area contributed by atoms with Crippen molar-refractivity contribution in [2.45, 2.75) is 44.3 Å². The Hall–Kier alpha value is -3.02. The maximum absolute atomic E-state index is 13.6. The van der Waals surface area contributed by atoms with Gasteiger partial charge < -0.3 is 20.0 Å². The molecule has 4 aromatic heterocycles. The van der Waals surface area contributed by atoms with Gasteiger partial charge in [0.1, 0.15) is 46.5 Å². The fourth-order valence-corrected chi connectivity index (χ4v) is 7.12. The number of halogens is 2. The molecule has 2 aliphatic heterocycles. The van der Waals surface area contributed by atoms with Crippen LogP contribution in [0.1, 0.15) is 36.4 Å². The Morgan fingerprint density at radius 3 is 2.26 bits per heavy atom. The molecule has 0 saturated carbocycles. The number of aryl methyl sites for hydroxylation is 2. The average molecular weight is 584 g/mol. The van der Waals surface area contributed by atoms with Crippen LogP contribution in [0.15, 0.2) is 30.9 Å². The van der Waals surface area contributed by atoms with Crippen molar-refractivity contribution < 1.29 is 9.13 Å². The Bertz CT molecular complexity index is 1650. The molecule has 0 fully saturated rings. The summed E-state index contributed by atoms with van der Waals surface area (Å²) in [6.45, 7) is 3.83. The Labute approximate surface area is 238 Å². The SMILES string of the molecule is CC(C)Oc1cc(F)ccc1Nc1ncnc2[nH]c3c(c12)CSCC3.Clc1ncnc2[nH]c3c(c12)CSCC3. The third-order valence-corrected chi connectivity index (χ3v) is 8.82. The number of fused-ring (bicyclic) bond motifs is 6. The molecule has 0 amide bonds. The average Bonchev–Trinajstić information content (AvgIpc) is 3.50. The van der Waals surface area contributed by atoms with E-state index in [1.54, 1.807) is 6.07 Å². The molecule has 6 heterocycles. The number of rotatable bonds is 4. The van der Waals surface area contributed by atoms with Gasteiger partial charge in [0.05, 0.1) is 22.6 Å². The van der Waals surface area contributed by atoms with Crippen LogP contribution in [0.25, 0.3) is 22.1 Å². The molecule has 0 atom stereocenters. The van der Waals surface area contributed by atoms with E-state index < -0.39 is 0 Å². The molecule has 3 N–H and O–H groups in total. The number of ether oxygens (including phenoxy) is 1. The second-order valence-electron chi connectivity index (χ2n) is 9.54. The molecule has 0 bridgehead atoms. The predicted molar refractivity (Wildman–Crippen MR) is 158 cm³/mol. The molecule has 8 nitrogen and oxygen atoms in total. The molecule has 0 saturated heterocycles. The van der Waals surface area contributed by atoms with E-state index in [0.29, 0.717) is 22.4 Å². The number of nitrogens with one attached hydrogen (secondary N) is 3. The number of benzene rings is 1. The van der Waals surface area contributed by atoms with Crippen molar-refractivity contribution in [3.63, 3.8) is 0 Å². The maximum atomic E-state index is 13.6. The summed E-state index contributed by atoms with van der Waals surface area (Å²) < 4.78 is 19.4. The van der Waals surface area contributed by atoms with Gasteiger partial charge in [-0.1, -0.05) is 11.6 Å². The van der Waals surface area contributed by atoms with E-state index in [2.05, 4.69) is 35.2 Å². The summed E-state index contributed by atoms with van der Waals surface area (Å²) in [5.41, 5.74) is 7.45. The topological polar surface area (TPSA) is 104 Å². The standard InChI is InChI=1S/C18H19FN4OS.C9H8ClN3S/c1-10(2)24-15-7-11(19)3-4-14(15)23-18-16-12-8-25-6-5-13(12)22-17(16)20-9-21-18;10-8-7-5-3-14-2-1-6(5)13-9(7)12-4-11-8/h3-4,7,9-10H,5-6,8H2,1-2H3,(H2,20,21,22,23);4H,1-3H2,(H,11,12,13). The zero-order valence-electron chi connectivity index (χ0n) is 21.5. The van der Waals surface area contributed by atoms with Crippen LogP contribution >= 0.6 is 35.1 Å². The first-order valence-electron chi connectivity index (χ1n) is 12.7. The first-order valence-corrected chi connectivity index (χ1v) is 15.4. The van der Waals surface area contributed by atoms with Gasteiger partial charge in [-0.2, -0.15) is 23.5 Å². The van der Waals surface area contributed by atoms with Crippen LogP contribution < -0.4 is 10.1 Å². The van der Waals surface area contributed by atoms with Crippen LogP contribution in [0.2, 0.25) is 5.15 Å². The van der Waals surface area contributed by atoms with Crippen LogP contribution in [0.3, 0.4) is 0 Å². The second-order valence-corrected chi connectivity index (χ2v) is 12.1. The summed E-state index contributed by atoms with van der Waals surface area (Å²) in [4.78, 5) is 23.7. The van der Waals surface area contributed by atoms with E-state index in [-0.39, 0.29) is 11.9 Å². The van der Waals surface area contributed by atoms with E-state index in [1.807, 2.05) is 37.4 Å². The summed E-state index contributed by atoms with van der Waals surface area (Å²) in [5.74, 6) is 5.10. The largest absolute Gasteiger partial charge is 0.489 e. The van der Waals surface area contributed by atoms with Gasteiger partial charge in [-0.3, -0.25) is 0 Å². The number of hydrogen-bond acceptors (Lipinski definition) is 8. The number of aromatic amines is 2. The third kappa shape index (κ3) is 5.39. The van der Waals surface area contributed by atoms with Gasteiger partial charge in [-0.15, -0.1) is 0 Å². The quantitative estimate of drug-likeness (QED) is 0.198. The highest BCUT2D eigenvalue weighted by atomic mass is 35.5. The minimum absolute atomic E-state index is 0.0517. The van der Waals surface area contributed by atoms with Crippen molar-refractivity contribution >= 4 is 68.7 Å². The van der Waals surface area contributed by atoms with Gasteiger partial charge in [0, 0.05) is 29.0 Å². The molecule has 0 unspecified atom stereocenters. The van der Waals surface area contributed by atoms with Crippen molar-refractivity contribution in [3.05, 3.63) is 64.3 Å². The van der Waals surface area contributed by atoms with Gasteiger partial charge in [0.15, 0.2) is 0 Å². The van der Waals surface area contributed by atoms with Gasteiger partial charge in [-0.05, 0) is 61.5 Å². The Balaban J connectivity index is 0.000000166. The molecule has 0 radical (unpaired) electrons. The first kappa shape index (κ1) is 26.2. The number of anilines is 2. The molecule has 5 aromatic rings. The van der Waals surface area contributed by atoms with E-state index in [4.69, 9.17) is 16.3 Å². The normalized spacial score (nSPS) is 14.6. The Morgan fingerprint density at radius 2 is 1.56 bits per heavy atom. The smallest absolute Gasteiger partial charge is 0.146 e. The van der Waals surface area contributed by atoms with E-state index >= 15 is 0 Å².